The molecule has 2 atom stereocenters. The summed E-state index contributed by atoms with van der Waals surface area (Å²) in [6, 6.07) is 21.1. The Morgan fingerprint density at radius 2 is 1.90 bits per heavy atom. The molecule has 2 unspecified atom stereocenters. The second-order valence-electron chi connectivity index (χ2n) is 9.14. The molecule has 11 heteroatoms. The highest BCUT2D eigenvalue weighted by atomic mass is 32.1. The van der Waals surface area contributed by atoms with Gasteiger partial charge >= 0.3 is 5.97 Å². The molecule has 1 aliphatic heterocycles. The normalized spacial score (nSPS) is 16.3. The van der Waals surface area contributed by atoms with Crippen molar-refractivity contribution in [2.75, 3.05) is 38.2 Å². The smallest absolute Gasteiger partial charge is 0.337 e. The number of pyridine rings is 1. The first kappa shape index (κ1) is 27.8. The van der Waals surface area contributed by atoms with E-state index in [2.05, 4.69) is 15.6 Å². The van der Waals surface area contributed by atoms with Crippen LogP contribution in [0.3, 0.4) is 0 Å². The van der Waals surface area contributed by atoms with Gasteiger partial charge in [0.05, 0.1) is 37.2 Å². The maximum atomic E-state index is 12.3. The van der Waals surface area contributed by atoms with Gasteiger partial charge < -0.3 is 34.2 Å². The summed E-state index contributed by atoms with van der Waals surface area (Å²) in [5, 5.41) is 6.68. The van der Waals surface area contributed by atoms with Crippen molar-refractivity contribution in [3.05, 3.63) is 96.0 Å². The molecule has 10 nitrogen and oxygen atoms in total. The van der Waals surface area contributed by atoms with Gasteiger partial charge in [-0.05, 0) is 66.8 Å². The first-order valence-electron chi connectivity index (χ1n) is 12.7. The number of aromatic nitrogens is 1. The molecule has 0 saturated carbocycles. The molecule has 0 spiro atoms. The zero-order valence-corrected chi connectivity index (χ0v) is 23.4. The van der Waals surface area contributed by atoms with Crippen molar-refractivity contribution in [1.29, 1.82) is 0 Å². The number of rotatable bonds is 9. The Morgan fingerprint density at radius 1 is 1.05 bits per heavy atom. The van der Waals surface area contributed by atoms with Crippen LogP contribution >= 0.6 is 12.2 Å². The van der Waals surface area contributed by atoms with Gasteiger partial charge in [-0.3, -0.25) is 9.78 Å². The summed E-state index contributed by atoms with van der Waals surface area (Å²) in [5.41, 5.74) is 3.08. The molecule has 0 bridgehead atoms. The second-order valence-corrected chi connectivity index (χ2v) is 9.52. The van der Waals surface area contributed by atoms with Crippen molar-refractivity contribution in [3.63, 3.8) is 0 Å². The topological polar surface area (TPSA) is 115 Å². The lowest BCUT2D eigenvalue weighted by atomic mass is 10.0. The van der Waals surface area contributed by atoms with E-state index < -0.39 is 12.0 Å². The number of nitrogens with one attached hydrogen (secondary N) is 2. The molecule has 5 rings (SSSR count). The number of carbonyl (C=O) groups is 2. The van der Waals surface area contributed by atoms with E-state index in [4.69, 9.17) is 30.8 Å². The first-order chi connectivity index (χ1) is 19.9. The standard InChI is InChI=1S/C30H28N4O6S/c1-37-17-26(35)32-22-16-20(10-11-24(22)38-2)34-28(27(33-30(34)41)21-9-4-5-14-31-21)25-13-12-23(40-25)18-7-6-8-19(15-18)29(36)39-3/h4-16,27-28H,17H2,1-3H3,(H,32,35)(H,33,41). The Bertz CT molecular complexity index is 1570. The predicted octanol–water partition coefficient (Wildman–Crippen LogP) is 4.90. The van der Waals surface area contributed by atoms with E-state index in [1.807, 2.05) is 47.4 Å². The Labute approximate surface area is 242 Å². The van der Waals surface area contributed by atoms with Gasteiger partial charge in [0.1, 0.15) is 29.9 Å². The number of hydrogen-bond acceptors (Lipinski definition) is 8. The quantitative estimate of drug-likeness (QED) is 0.212. The number of esters is 1. The number of carbonyl (C=O) groups excluding carboxylic acids is 2. The minimum absolute atomic E-state index is 0.103. The molecule has 41 heavy (non-hydrogen) atoms. The van der Waals surface area contributed by atoms with E-state index in [0.29, 0.717) is 39.3 Å². The van der Waals surface area contributed by atoms with Gasteiger partial charge in [0.2, 0.25) is 5.91 Å². The number of methoxy groups -OCH3 is 3. The number of thiocarbonyl (C=S) groups is 1. The van der Waals surface area contributed by atoms with Crippen molar-refractivity contribution in [2.45, 2.75) is 12.1 Å². The van der Waals surface area contributed by atoms with Crippen LogP contribution in [0.2, 0.25) is 0 Å². The molecule has 210 valence electrons. The van der Waals surface area contributed by atoms with Gasteiger partial charge in [-0.25, -0.2) is 4.79 Å². The van der Waals surface area contributed by atoms with E-state index in [9.17, 15) is 9.59 Å². The zero-order chi connectivity index (χ0) is 28.9. The zero-order valence-electron chi connectivity index (χ0n) is 22.6. The molecule has 2 N–H and O–H groups in total. The second kappa shape index (κ2) is 12.2. The van der Waals surface area contributed by atoms with E-state index in [-0.39, 0.29) is 18.6 Å². The molecule has 0 aliphatic carbocycles. The first-order valence-corrected chi connectivity index (χ1v) is 13.1. The number of nitrogens with zero attached hydrogens (tertiary/aromatic N) is 2. The summed E-state index contributed by atoms with van der Waals surface area (Å²) in [7, 11) is 4.33. The van der Waals surface area contributed by atoms with E-state index in [1.165, 1.54) is 21.3 Å². The van der Waals surface area contributed by atoms with Crippen molar-refractivity contribution < 1.29 is 28.2 Å². The van der Waals surface area contributed by atoms with Crippen LogP contribution in [-0.2, 0) is 14.3 Å². The summed E-state index contributed by atoms with van der Waals surface area (Å²) < 4.78 is 21.7. The summed E-state index contributed by atoms with van der Waals surface area (Å²) in [6.45, 7) is -0.103. The fourth-order valence-corrected chi connectivity index (χ4v) is 5.11. The van der Waals surface area contributed by atoms with Crippen LogP contribution in [0.25, 0.3) is 11.3 Å². The molecule has 0 radical (unpaired) electrons. The van der Waals surface area contributed by atoms with Gasteiger partial charge in [-0.2, -0.15) is 0 Å². The average molecular weight is 573 g/mol. The number of furan rings is 1. The number of anilines is 2. The molecule has 1 aliphatic rings. The van der Waals surface area contributed by atoms with Crippen LogP contribution in [0.1, 0.15) is 33.9 Å². The van der Waals surface area contributed by atoms with Crippen molar-refractivity contribution in [1.82, 2.24) is 10.3 Å². The molecule has 1 amide bonds. The molecule has 4 aromatic rings. The summed E-state index contributed by atoms with van der Waals surface area (Å²) >= 11 is 5.83. The summed E-state index contributed by atoms with van der Waals surface area (Å²) in [6.07, 6.45) is 1.72. The molecule has 1 saturated heterocycles. The molecule has 2 aromatic carbocycles. The third-order valence-corrected chi connectivity index (χ3v) is 6.91. The summed E-state index contributed by atoms with van der Waals surface area (Å²) in [4.78, 5) is 30.9. The van der Waals surface area contributed by atoms with Crippen molar-refractivity contribution >= 4 is 40.6 Å². The molecule has 2 aromatic heterocycles. The average Bonchev–Trinajstić information content (AvgIpc) is 3.62. The van der Waals surface area contributed by atoms with Gasteiger partial charge in [-0.15, -0.1) is 0 Å². The lowest BCUT2D eigenvalue weighted by molar-refractivity contribution is -0.119. The maximum absolute atomic E-state index is 12.3. The van der Waals surface area contributed by atoms with E-state index >= 15 is 0 Å². The summed E-state index contributed by atoms with van der Waals surface area (Å²) in [5.74, 6) is 0.925. The molecule has 3 heterocycles. The Balaban J connectivity index is 1.57. The fraction of sp³-hybridized carbons (Fsp3) is 0.200. The van der Waals surface area contributed by atoms with Crippen LogP contribution in [0, 0.1) is 0 Å². The van der Waals surface area contributed by atoms with Crippen molar-refractivity contribution in [3.8, 4) is 17.1 Å². The number of benzene rings is 2. The van der Waals surface area contributed by atoms with E-state index in [0.717, 1.165) is 11.3 Å². The lowest BCUT2D eigenvalue weighted by Crippen LogP contribution is -2.29. The Morgan fingerprint density at radius 3 is 2.63 bits per heavy atom. The highest BCUT2D eigenvalue weighted by molar-refractivity contribution is 7.80. The predicted molar refractivity (Wildman–Crippen MR) is 157 cm³/mol. The third-order valence-electron chi connectivity index (χ3n) is 6.60. The molecular weight excluding hydrogens is 544 g/mol. The van der Waals surface area contributed by atoms with E-state index in [1.54, 1.807) is 36.5 Å². The minimum Gasteiger partial charge on any atom is -0.495 e. The number of hydrogen-bond donors (Lipinski definition) is 2. The van der Waals surface area contributed by atoms with Gasteiger partial charge in [0.15, 0.2) is 5.11 Å². The monoisotopic (exact) mass is 572 g/mol. The third kappa shape index (κ3) is 5.76. The van der Waals surface area contributed by atoms with Crippen molar-refractivity contribution in [2.24, 2.45) is 0 Å². The largest absolute Gasteiger partial charge is 0.495 e. The molecular formula is C30H28N4O6S. The van der Waals surface area contributed by atoms with Crippen LogP contribution < -0.4 is 20.3 Å². The SMILES string of the molecule is COCC(=O)Nc1cc(N2C(=S)NC(c3ccccn3)C2c2ccc(-c3cccc(C(=O)OC)c3)o2)ccc1OC. The highest BCUT2D eigenvalue weighted by Crippen LogP contribution is 2.44. The highest BCUT2D eigenvalue weighted by Gasteiger charge is 2.43. The van der Waals surface area contributed by atoms with Gasteiger partial charge in [-0.1, -0.05) is 18.2 Å². The van der Waals surface area contributed by atoms with Gasteiger partial charge in [0, 0.05) is 24.6 Å². The minimum atomic E-state index is -0.439. The Kier molecular flexibility index (Phi) is 8.27. The van der Waals surface area contributed by atoms with Crippen LogP contribution in [-0.4, -0.2) is 49.9 Å². The van der Waals surface area contributed by atoms with Crippen LogP contribution in [0.5, 0.6) is 5.75 Å². The Hall–Kier alpha value is -4.74. The molecule has 1 fully saturated rings. The lowest BCUT2D eigenvalue weighted by Gasteiger charge is -2.27. The fourth-order valence-electron chi connectivity index (χ4n) is 4.77. The van der Waals surface area contributed by atoms with Gasteiger partial charge in [0.25, 0.3) is 0 Å². The maximum Gasteiger partial charge on any atom is 0.337 e. The number of amides is 1. The van der Waals surface area contributed by atoms with Crippen LogP contribution in [0.4, 0.5) is 11.4 Å². The number of ether oxygens (including phenoxy) is 3. The van der Waals surface area contributed by atoms with Crippen LogP contribution in [0.15, 0.2) is 83.4 Å².